The summed E-state index contributed by atoms with van der Waals surface area (Å²) >= 11 is 0. The van der Waals surface area contributed by atoms with Crippen molar-refractivity contribution < 1.29 is 0 Å². The second kappa shape index (κ2) is 3.44. The third kappa shape index (κ3) is 1.19. The Kier molecular flexibility index (Phi) is 1.97. The van der Waals surface area contributed by atoms with Crippen LogP contribution in [0.25, 0.3) is 10.8 Å². The highest BCUT2D eigenvalue weighted by Crippen LogP contribution is 2.49. The number of rotatable bonds is 0. The first-order chi connectivity index (χ1) is 8.79. The van der Waals surface area contributed by atoms with E-state index in [1.54, 1.807) is 0 Å². The van der Waals surface area contributed by atoms with Gasteiger partial charge in [0.05, 0.1) is 5.69 Å². The summed E-state index contributed by atoms with van der Waals surface area (Å²) in [7, 11) is 0. The molecule has 1 aliphatic carbocycles. The van der Waals surface area contributed by atoms with Crippen molar-refractivity contribution in [3.63, 3.8) is 0 Å². The molecular formula is C17H17N. The SMILES string of the molecule is C[C@@]12CCCCC1=Nc1ccc3ccccc3c12. The van der Waals surface area contributed by atoms with Crippen LogP contribution in [0.4, 0.5) is 5.69 Å². The zero-order valence-electron chi connectivity index (χ0n) is 10.7. The Hall–Kier alpha value is -1.63. The third-order valence-corrected chi connectivity index (χ3v) is 4.69. The van der Waals surface area contributed by atoms with E-state index < -0.39 is 0 Å². The monoisotopic (exact) mass is 235 g/mol. The van der Waals surface area contributed by atoms with Gasteiger partial charge in [0.25, 0.3) is 0 Å². The van der Waals surface area contributed by atoms with Crippen LogP contribution in [0.2, 0.25) is 0 Å². The number of aliphatic imine (C=N–C) groups is 1. The maximum Gasteiger partial charge on any atom is 0.0677 e. The molecule has 1 heterocycles. The average Bonchev–Trinajstić information content (AvgIpc) is 2.71. The standard InChI is InChI=1S/C17H17N/c1-17-11-5-4-8-15(17)18-14-10-9-12-6-2-3-7-13(12)16(14)17/h2-3,6-7,9-10H,4-5,8,11H2,1H3/t17-/m1/s1. The summed E-state index contributed by atoms with van der Waals surface area (Å²) in [6, 6.07) is 13.1. The second-order valence-electron chi connectivity index (χ2n) is 5.78. The van der Waals surface area contributed by atoms with Crippen LogP contribution in [-0.2, 0) is 5.41 Å². The van der Waals surface area contributed by atoms with Crippen LogP contribution in [-0.4, -0.2) is 5.71 Å². The van der Waals surface area contributed by atoms with E-state index >= 15 is 0 Å². The lowest BCUT2D eigenvalue weighted by atomic mass is 9.69. The van der Waals surface area contributed by atoms with Crippen LogP contribution < -0.4 is 0 Å². The fraction of sp³-hybridized carbons (Fsp3) is 0.353. The molecule has 1 heteroatoms. The summed E-state index contributed by atoms with van der Waals surface area (Å²) in [5, 5.41) is 2.75. The van der Waals surface area contributed by atoms with E-state index in [-0.39, 0.29) is 5.41 Å². The molecule has 2 aromatic carbocycles. The molecule has 1 atom stereocenters. The lowest BCUT2D eigenvalue weighted by Crippen LogP contribution is -2.32. The molecule has 0 N–H and O–H groups in total. The van der Waals surface area contributed by atoms with E-state index in [9.17, 15) is 0 Å². The smallest absolute Gasteiger partial charge is 0.0677 e. The molecule has 2 aliphatic rings. The average molecular weight is 235 g/mol. The van der Waals surface area contributed by atoms with Gasteiger partial charge in [-0.25, -0.2) is 0 Å². The van der Waals surface area contributed by atoms with Crippen molar-refractivity contribution in [3.8, 4) is 0 Å². The van der Waals surface area contributed by atoms with Gasteiger partial charge in [0, 0.05) is 11.1 Å². The molecule has 90 valence electrons. The number of benzene rings is 2. The Bertz CT molecular complexity index is 668. The molecule has 1 nitrogen and oxygen atoms in total. The number of nitrogens with zero attached hydrogens (tertiary/aromatic N) is 1. The van der Waals surface area contributed by atoms with E-state index in [1.165, 1.54) is 53.4 Å². The predicted octanol–water partition coefficient (Wildman–Crippen LogP) is 4.76. The molecule has 2 aromatic rings. The van der Waals surface area contributed by atoms with E-state index in [0.717, 1.165) is 0 Å². The van der Waals surface area contributed by atoms with Gasteiger partial charge >= 0.3 is 0 Å². The zero-order valence-corrected chi connectivity index (χ0v) is 10.7. The van der Waals surface area contributed by atoms with Crippen molar-refractivity contribution in [1.29, 1.82) is 0 Å². The maximum atomic E-state index is 4.91. The second-order valence-corrected chi connectivity index (χ2v) is 5.78. The van der Waals surface area contributed by atoms with Crippen molar-refractivity contribution >= 4 is 22.2 Å². The fourth-order valence-corrected chi connectivity index (χ4v) is 3.72. The summed E-state index contributed by atoms with van der Waals surface area (Å²) < 4.78 is 0. The van der Waals surface area contributed by atoms with Gasteiger partial charge in [-0.2, -0.15) is 0 Å². The van der Waals surface area contributed by atoms with Crippen molar-refractivity contribution in [2.24, 2.45) is 4.99 Å². The highest BCUT2D eigenvalue weighted by Gasteiger charge is 2.41. The van der Waals surface area contributed by atoms with Crippen LogP contribution in [0.3, 0.4) is 0 Å². The maximum absolute atomic E-state index is 4.91. The first-order valence-corrected chi connectivity index (χ1v) is 6.89. The summed E-state index contributed by atoms with van der Waals surface area (Å²) in [5.41, 5.74) is 4.32. The van der Waals surface area contributed by atoms with Crippen LogP contribution in [0, 0.1) is 0 Å². The predicted molar refractivity (Wildman–Crippen MR) is 76.9 cm³/mol. The Morgan fingerprint density at radius 1 is 1.06 bits per heavy atom. The van der Waals surface area contributed by atoms with Gasteiger partial charge in [-0.05, 0) is 41.7 Å². The fourth-order valence-electron chi connectivity index (χ4n) is 3.72. The van der Waals surface area contributed by atoms with E-state index in [1.807, 2.05) is 0 Å². The first-order valence-electron chi connectivity index (χ1n) is 6.89. The molecule has 0 saturated heterocycles. The molecular weight excluding hydrogens is 218 g/mol. The number of hydrogen-bond acceptors (Lipinski definition) is 1. The molecule has 1 fully saturated rings. The van der Waals surface area contributed by atoms with E-state index in [2.05, 4.69) is 43.3 Å². The molecule has 0 unspecified atom stereocenters. The van der Waals surface area contributed by atoms with Crippen molar-refractivity contribution in [2.45, 2.75) is 38.0 Å². The minimum Gasteiger partial charge on any atom is -0.257 e. The lowest BCUT2D eigenvalue weighted by Gasteiger charge is -2.32. The Balaban J connectivity index is 2.06. The van der Waals surface area contributed by atoms with Crippen molar-refractivity contribution in [2.75, 3.05) is 0 Å². The Labute approximate surface area is 108 Å². The van der Waals surface area contributed by atoms with E-state index in [4.69, 9.17) is 4.99 Å². The lowest BCUT2D eigenvalue weighted by molar-refractivity contribution is 0.501. The van der Waals surface area contributed by atoms with Gasteiger partial charge in [-0.1, -0.05) is 43.7 Å². The van der Waals surface area contributed by atoms with Crippen molar-refractivity contribution in [1.82, 2.24) is 0 Å². The van der Waals surface area contributed by atoms with Crippen molar-refractivity contribution in [3.05, 3.63) is 42.0 Å². The summed E-state index contributed by atoms with van der Waals surface area (Å²) in [4.78, 5) is 4.91. The number of fused-ring (bicyclic) bond motifs is 5. The van der Waals surface area contributed by atoms with Crippen LogP contribution in [0.5, 0.6) is 0 Å². The van der Waals surface area contributed by atoms with Crippen LogP contribution in [0.1, 0.15) is 38.2 Å². The summed E-state index contributed by atoms with van der Waals surface area (Å²) in [6.07, 6.45) is 5.07. The molecule has 0 aromatic heterocycles. The largest absolute Gasteiger partial charge is 0.257 e. The Morgan fingerprint density at radius 2 is 1.94 bits per heavy atom. The molecule has 1 aliphatic heterocycles. The quantitative estimate of drug-likeness (QED) is 0.624. The minimum atomic E-state index is 0.203. The molecule has 1 saturated carbocycles. The first kappa shape index (κ1) is 10.3. The minimum absolute atomic E-state index is 0.203. The third-order valence-electron chi connectivity index (χ3n) is 4.69. The highest BCUT2D eigenvalue weighted by molar-refractivity contribution is 6.07. The number of hydrogen-bond donors (Lipinski definition) is 0. The Morgan fingerprint density at radius 3 is 2.89 bits per heavy atom. The van der Waals surface area contributed by atoms with Gasteiger partial charge in [0.1, 0.15) is 0 Å². The van der Waals surface area contributed by atoms with Crippen LogP contribution >= 0.6 is 0 Å². The van der Waals surface area contributed by atoms with Gasteiger partial charge in [0.2, 0.25) is 0 Å². The molecule has 0 bridgehead atoms. The summed E-state index contributed by atoms with van der Waals surface area (Å²) in [6.45, 7) is 2.39. The van der Waals surface area contributed by atoms with E-state index in [0.29, 0.717) is 0 Å². The highest BCUT2D eigenvalue weighted by atomic mass is 14.8. The topological polar surface area (TPSA) is 12.4 Å². The van der Waals surface area contributed by atoms with Gasteiger partial charge in [0.15, 0.2) is 0 Å². The van der Waals surface area contributed by atoms with Crippen LogP contribution in [0.15, 0.2) is 41.4 Å². The molecule has 0 radical (unpaired) electrons. The zero-order chi connectivity index (χ0) is 12.2. The van der Waals surface area contributed by atoms with Gasteiger partial charge in [-0.3, -0.25) is 4.99 Å². The summed E-state index contributed by atoms with van der Waals surface area (Å²) in [5.74, 6) is 0. The normalized spacial score (nSPS) is 25.7. The molecule has 18 heavy (non-hydrogen) atoms. The van der Waals surface area contributed by atoms with Gasteiger partial charge < -0.3 is 0 Å². The molecule has 0 amide bonds. The van der Waals surface area contributed by atoms with Gasteiger partial charge in [-0.15, -0.1) is 0 Å². The molecule has 4 rings (SSSR count). The molecule has 0 spiro atoms.